The molecule has 1 fully saturated rings. The molecule has 1 aliphatic carbocycles. The Morgan fingerprint density at radius 3 is 2.33 bits per heavy atom. The molecular weight excluding hydrogens is 368 g/mol. The van der Waals surface area contributed by atoms with Crippen LogP contribution in [-0.2, 0) is 9.59 Å². The molecule has 2 N–H and O–H groups in total. The van der Waals surface area contributed by atoms with E-state index in [0.717, 1.165) is 5.56 Å². The summed E-state index contributed by atoms with van der Waals surface area (Å²) in [5.41, 5.74) is 2.06. The van der Waals surface area contributed by atoms with E-state index < -0.39 is 0 Å². The van der Waals surface area contributed by atoms with Gasteiger partial charge in [0.1, 0.15) is 0 Å². The number of methoxy groups -OCH3 is 2. The molecule has 7 heteroatoms. The summed E-state index contributed by atoms with van der Waals surface area (Å²) in [7, 11) is 3.08. The Hall–Kier alpha value is -2.73. The van der Waals surface area contributed by atoms with Crippen molar-refractivity contribution in [2.24, 2.45) is 11.8 Å². The molecule has 2 unspecified atom stereocenters. The first-order chi connectivity index (χ1) is 12.9. The smallest absolute Gasteiger partial charge is 0.228 e. The highest BCUT2D eigenvalue weighted by molar-refractivity contribution is 6.31. The number of carbonyl (C=O) groups is 2. The molecule has 0 heterocycles. The molecule has 142 valence electrons. The van der Waals surface area contributed by atoms with Gasteiger partial charge < -0.3 is 20.1 Å². The van der Waals surface area contributed by atoms with Gasteiger partial charge in [-0.05, 0) is 43.2 Å². The number of rotatable bonds is 6. The van der Waals surface area contributed by atoms with Crippen molar-refractivity contribution in [3.8, 4) is 11.5 Å². The fraction of sp³-hybridized carbons (Fsp3) is 0.300. The summed E-state index contributed by atoms with van der Waals surface area (Å²) in [4.78, 5) is 24.9. The molecule has 0 aromatic heterocycles. The fourth-order valence-corrected chi connectivity index (χ4v) is 3.07. The van der Waals surface area contributed by atoms with Crippen LogP contribution in [0.3, 0.4) is 0 Å². The molecule has 0 bridgehead atoms. The van der Waals surface area contributed by atoms with Gasteiger partial charge in [-0.3, -0.25) is 9.59 Å². The summed E-state index contributed by atoms with van der Waals surface area (Å²) < 4.78 is 10.4. The quantitative estimate of drug-likeness (QED) is 0.787. The maximum atomic E-state index is 12.4. The molecule has 2 aromatic carbocycles. The Kier molecular flexibility index (Phi) is 5.56. The largest absolute Gasteiger partial charge is 0.493 e. The summed E-state index contributed by atoms with van der Waals surface area (Å²) in [6.07, 6.45) is 0.518. The number of hydrogen-bond donors (Lipinski definition) is 2. The Morgan fingerprint density at radius 2 is 1.67 bits per heavy atom. The minimum atomic E-state index is -0.349. The van der Waals surface area contributed by atoms with Crippen LogP contribution in [0.15, 0.2) is 36.4 Å². The van der Waals surface area contributed by atoms with Crippen molar-refractivity contribution in [2.45, 2.75) is 13.3 Å². The summed E-state index contributed by atoms with van der Waals surface area (Å²) in [5.74, 6) is 0.0482. The highest BCUT2D eigenvalue weighted by Gasteiger charge is 2.48. The van der Waals surface area contributed by atoms with Crippen molar-refractivity contribution in [1.29, 1.82) is 0 Å². The molecule has 2 aromatic rings. The number of nitrogens with one attached hydrogen (secondary N) is 2. The SMILES string of the molecule is COc1ccc(NC(=O)C2CC2C(=O)Nc2cccc(Cl)c2C)cc1OC. The highest BCUT2D eigenvalue weighted by Crippen LogP contribution is 2.41. The Balaban J connectivity index is 1.60. The van der Waals surface area contributed by atoms with Crippen LogP contribution >= 0.6 is 11.6 Å². The Morgan fingerprint density at radius 1 is 1.00 bits per heavy atom. The standard InChI is InChI=1S/C20H21ClN2O4/c1-11-15(21)5-4-6-16(11)23-20(25)14-10-13(14)19(24)22-12-7-8-17(26-2)18(9-12)27-3/h4-9,13-14H,10H2,1-3H3,(H,22,24)(H,23,25). The molecule has 0 radical (unpaired) electrons. The third-order valence-corrected chi connectivity index (χ3v) is 5.05. The van der Waals surface area contributed by atoms with Gasteiger partial charge in [-0.25, -0.2) is 0 Å². The van der Waals surface area contributed by atoms with Gasteiger partial charge >= 0.3 is 0 Å². The number of amides is 2. The summed E-state index contributed by atoms with van der Waals surface area (Å²) in [6, 6.07) is 10.5. The molecule has 0 aliphatic heterocycles. The minimum Gasteiger partial charge on any atom is -0.493 e. The molecule has 0 spiro atoms. The lowest BCUT2D eigenvalue weighted by atomic mass is 10.2. The predicted molar refractivity (Wildman–Crippen MR) is 105 cm³/mol. The number of ether oxygens (including phenoxy) is 2. The van der Waals surface area contributed by atoms with Gasteiger partial charge in [0.2, 0.25) is 11.8 Å². The van der Waals surface area contributed by atoms with E-state index in [1.54, 1.807) is 43.5 Å². The molecular formula is C20H21ClN2O4. The minimum absolute atomic E-state index is 0.173. The predicted octanol–water partition coefficient (Wildman–Crippen LogP) is 3.88. The first-order valence-corrected chi connectivity index (χ1v) is 8.91. The monoisotopic (exact) mass is 388 g/mol. The van der Waals surface area contributed by atoms with E-state index in [0.29, 0.717) is 34.3 Å². The number of carbonyl (C=O) groups excluding carboxylic acids is 2. The van der Waals surface area contributed by atoms with Crippen molar-refractivity contribution in [1.82, 2.24) is 0 Å². The zero-order valence-electron chi connectivity index (χ0n) is 15.3. The molecule has 2 atom stereocenters. The first-order valence-electron chi connectivity index (χ1n) is 8.53. The van der Waals surface area contributed by atoms with E-state index >= 15 is 0 Å². The first kappa shape index (κ1) is 19.0. The lowest BCUT2D eigenvalue weighted by Crippen LogP contribution is -2.21. The van der Waals surface area contributed by atoms with E-state index in [2.05, 4.69) is 10.6 Å². The molecule has 1 saturated carbocycles. The van der Waals surface area contributed by atoms with Crippen LogP contribution in [0.1, 0.15) is 12.0 Å². The number of benzene rings is 2. The lowest BCUT2D eigenvalue weighted by Gasteiger charge is -2.11. The molecule has 0 saturated heterocycles. The van der Waals surface area contributed by atoms with Crippen molar-refractivity contribution in [3.05, 3.63) is 47.0 Å². The Bertz CT molecular complexity index is 884. The number of hydrogen-bond acceptors (Lipinski definition) is 4. The second kappa shape index (κ2) is 7.88. The second-order valence-electron chi connectivity index (χ2n) is 6.41. The van der Waals surface area contributed by atoms with Crippen LogP contribution in [0.2, 0.25) is 5.02 Å². The topological polar surface area (TPSA) is 76.7 Å². The summed E-state index contributed by atoms with van der Waals surface area (Å²) in [6.45, 7) is 1.84. The van der Waals surface area contributed by atoms with Gasteiger partial charge in [0.25, 0.3) is 0 Å². The molecule has 2 amide bonds. The van der Waals surface area contributed by atoms with Gasteiger partial charge in [0.05, 0.1) is 26.1 Å². The zero-order chi connectivity index (χ0) is 19.6. The summed E-state index contributed by atoms with van der Waals surface area (Å²) >= 11 is 6.07. The third kappa shape index (κ3) is 4.17. The number of anilines is 2. The average Bonchev–Trinajstić information content (AvgIpc) is 3.46. The van der Waals surface area contributed by atoms with E-state index in [9.17, 15) is 9.59 Å². The molecule has 1 aliphatic rings. The van der Waals surface area contributed by atoms with Gasteiger partial charge in [-0.2, -0.15) is 0 Å². The van der Waals surface area contributed by atoms with Gasteiger partial charge in [-0.15, -0.1) is 0 Å². The molecule has 3 rings (SSSR count). The van der Waals surface area contributed by atoms with Crippen LogP contribution in [0.5, 0.6) is 11.5 Å². The van der Waals surface area contributed by atoms with Crippen LogP contribution in [-0.4, -0.2) is 26.0 Å². The van der Waals surface area contributed by atoms with Crippen LogP contribution in [0.4, 0.5) is 11.4 Å². The fourth-order valence-electron chi connectivity index (χ4n) is 2.89. The summed E-state index contributed by atoms with van der Waals surface area (Å²) in [5, 5.41) is 6.27. The maximum Gasteiger partial charge on any atom is 0.228 e. The van der Waals surface area contributed by atoms with E-state index in [-0.39, 0.29) is 23.7 Å². The van der Waals surface area contributed by atoms with Crippen molar-refractivity contribution >= 4 is 34.8 Å². The molecule has 6 nitrogen and oxygen atoms in total. The van der Waals surface area contributed by atoms with Crippen molar-refractivity contribution in [3.63, 3.8) is 0 Å². The van der Waals surface area contributed by atoms with Crippen LogP contribution in [0.25, 0.3) is 0 Å². The van der Waals surface area contributed by atoms with Gasteiger partial charge in [0.15, 0.2) is 11.5 Å². The van der Waals surface area contributed by atoms with Crippen LogP contribution in [0, 0.1) is 18.8 Å². The normalized spacial score (nSPS) is 17.8. The zero-order valence-corrected chi connectivity index (χ0v) is 16.1. The number of halogens is 1. The van der Waals surface area contributed by atoms with Gasteiger partial charge in [-0.1, -0.05) is 17.7 Å². The second-order valence-corrected chi connectivity index (χ2v) is 6.82. The third-order valence-electron chi connectivity index (χ3n) is 4.64. The molecule has 27 heavy (non-hydrogen) atoms. The van der Waals surface area contributed by atoms with Crippen LogP contribution < -0.4 is 20.1 Å². The van der Waals surface area contributed by atoms with Crippen molar-refractivity contribution in [2.75, 3.05) is 24.9 Å². The van der Waals surface area contributed by atoms with Gasteiger partial charge in [0, 0.05) is 22.5 Å². The highest BCUT2D eigenvalue weighted by atomic mass is 35.5. The van der Waals surface area contributed by atoms with E-state index in [1.807, 2.05) is 6.92 Å². The van der Waals surface area contributed by atoms with Crippen molar-refractivity contribution < 1.29 is 19.1 Å². The Labute approximate surface area is 162 Å². The lowest BCUT2D eigenvalue weighted by molar-refractivity contribution is -0.122. The van der Waals surface area contributed by atoms with E-state index in [4.69, 9.17) is 21.1 Å². The maximum absolute atomic E-state index is 12.4. The van der Waals surface area contributed by atoms with E-state index in [1.165, 1.54) is 7.11 Å². The average molecular weight is 389 g/mol.